The third-order valence-corrected chi connectivity index (χ3v) is 4.06. The summed E-state index contributed by atoms with van der Waals surface area (Å²) in [5.41, 5.74) is 2.18. The Labute approximate surface area is 135 Å². The molecule has 5 heteroatoms. The second-order valence-corrected chi connectivity index (χ2v) is 5.67. The van der Waals surface area contributed by atoms with Crippen LogP contribution in [-0.2, 0) is 6.54 Å². The van der Waals surface area contributed by atoms with Crippen LogP contribution >= 0.6 is 15.9 Å². The van der Waals surface area contributed by atoms with Crippen molar-refractivity contribution >= 4 is 15.9 Å². The maximum absolute atomic E-state index is 13.0. The summed E-state index contributed by atoms with van der Waals surface area (Å²) in [6, 6.07) is 16.8. The van der Waals surface area contributed by atoms with E-state index in [-0.39, 0.29) is 11.4 Å². The van der Waals surface area contributed by atoms with Crippen LogP contribution in [0.4, 0.5) is 4.39 Å². The Bertz CT molecular complexity index is 859. The third kappa shape index (κ3) is 3.14. The van der Waals surface area contributed by atoms with Crippen molar-refractivity contribution in [3.63, 3.8) is 0 Å². The Morgan fingerprint density at radius 1 is 1.00 bits per heavy atom. The molecule has 0 unspecified atom stereocenters. The van der Waals surface area contributed by atoms with Crippen LogP contribution in [-0.4, -0.2) is 9.78 Å². The van der Waals surface area contributed by atoms with Gasteiger partial charge in [0.05, 0.1) is 12.2 Å². The topological polar surface area (TPSA) is 34.9 Å². The lowest BCUT2D eigenvalue weighted by Gasteiger charge is -2.08. The van der Waals surface area contributed by atoms with Gasteiger partial charge in [0.1, 0.15) is 5.82 Å². The van der Waals surface area contributed by atoms with Gasteiger partial charge in [0.2, 0.25) is 0 Å². The number of nitrogens with zero attached hydrogens (tertiary/aromatic N) is 2. The fraction of sp³-hybridized carbons (Fsp3) is 0.0588. The molecule has 0 atom stereocenters. The van der Waals surface area contributed by atoms with Crippen molar-refractivity contribution in [2.24, 2.45) is 0 Å². The Kier molecular flexibility index (Phi) is 4.15. The monoisotopic (exact) mass is 358 g/mol. The fourth-order valence-corrected chi connectivity index (χ4v) is 2.53. The molecule has 3 aromatic rings. The molecule has 0 bridgehead atoms. The van der Waals surface area contributed by atoms with Crippen LogP contribution < -0.4 is 5.56 Å². The third-order valence-electron chi connectivity index (χ3n) is 3.28. The first-order valence-corrected chi connectivity index (χ1v) is 7.50. The standard InChI is InChI=1S/C17H12BrFN2O/c18-15-4-2-1-3-13(15)11-21-17(22)10-9-16(20-21)12-5-7-14(19)8-6-12/h1-10H,11H2. The van der Waals surface area contributed by atoms with Crippen molar-refractivity contribution < 1.29 is 4.39 Å². The van der Waals surface area contributed by atoms with Crippen molar-refractivity contribution in [1.29, 1.82) is 0 Å². The Balaban J connectivity index is 1.98. The highest BCUT2D eigenvalue weighted by atomic mass is 79.9. The smallest absolute Gasteiger partial charge is 0.267 e. The number of aromatic nitrogens is 2. The van der Waals surface area contributed by atoms with Gasteiger partial charge in [-0.1, -0.05) is 34.1 Å². The molecule has 0 aliphatic heterocycles. The molecule has 0 radical (unpaired) electrons. The van der Waals surface area contributed by atoms with E-state index in [0.29, 0.717) is 12.2 Å². The van der Waals surface area contributed by atoms with Crippen molar-refractivity contribution in [2.45, 2.75) is 6.54 Å². The van der Waals surface area contributed by atoms with Crippen LogP contribution in [0.5, 0.6) is 0 Å². The molecule has 1 aromatic heterocycles. The van der Waals surface area contributed by atoms with Crippen LogP contribution in [0.2, 0.25) is 0 Å². The van der Waals surface area contributed by atoms with Crippen LogP contribution in [0.15, 0.2) is 69.9 Å². The zero-order chi connectivity index (χ0) is 15.5. The molecular weight excluding hydrogens is 347 g/mol. The van der Waals surface area contributed by atoms with E-state index in [2.05, 4.69) is 21.0 Å². The van der Waals surface area contributed by atoms with Crippen LogP contribution in [0.25, 0.3) is 11.3 Å². The van der Waals surface area contributed by atoms with Gasteiger partial charge < -0.3 is 0 Å². The fourth-order valence-electron chi connectivity index (χ4n) is 2.12. The van der Waals surface area contributed by atoms with Crippen LogP contribution in [0, 0.1) is 5.82 Å². The largest absolute Gasteiger partial charge is 0.268 e. The number of halogens is 2. The summed E-state index contributed by atoms with van der Waals surface area (Å²) < 4.78 is 15.3. The van der Waals surface area contributed by atoms with Gasteiger partial charge in [-0.05, 0) is 42.0 Å². The maximum Gasteiger partial charge on any atom is 0.267 e. The second-order valence-electron chi connectivity index (χ2n) is 4.81. The first-order chi connectivity index (χ1) is 10.6. The van der Waals surface area contributed by atoms with Gasteiger partial charge in [0.25, 0.3) is 5.56 Å². The normalized spacial score (nSPS) is 10.6. The molecule has 0 saturated heterocycles. The summed E-state index contributed by atoms with van der Waals surface area (Å²) in [6.07, 6.45) is 0. The van der Waals surface area contributed by atoms with Crippen molar-refractivity contribution in [3.05, 3.63) is 86.9 Å². The number of benzene rings is 2. The second kappa shape index (κ2) is 6.23. The Hall–Kier alpha value is -2.27. The van der Waals surface area contributed by atoms with E-state index >= 15 is 0 Å². The highest BCUT2D eigenvalue weighted by molar-refractivity contribution is 9.10. The van der Waals surface area contributed by atoms with Crippen molar-refractivity contribution in [1.82, 2.24) is 9.78 Å². The van der Waals surface area contributed by atoms with Gasteiger partial charge in [-0.2, -0.15) is 5.10 Å². The van der Waals surface area contributed by atoms with E-state index in [1.54, 1.807) is 18.2 Å². The van der Waals surface area contributed by atoms with Crippen LogP contribution in [0.1, 0.15) is 5.56 Å². The van der Waals surface area contributed by atoms with Crippen molar-refractivity contribution in [2.75, 3.05) is 0 Å². The molecule has 3 nitrogen and oxygen atoms in total. The van der Waals surface area contributed by atoms with Crippen LogP contribution in [0.3, 0.4) is 0 Å². The molecule has 110 valence electrons. The maximum atomic E-state index is 13.0. The predicted octanol–water partition coefficient (Wildman–Crippen LogP) is 3.86. The minimum absolute atomic E-state index is 0.179. The zero-order valence-corrected chi connectivity index (χ0v) is 13.1. The van der Waals surface area contributed by atoms with Gasteiger partial charge in [-0.25, -0.2) is 9.07 Å². The molecule has 0 aliphatic rings. The number of hydrogen-bond acceptors (Lipinski definition) is 2. The summed E-state index contributed by atoms with van der Waals surface area (Å²) in [4.78, 5) is 12.0. The zero-order valence-electron chi connectivity index (χ0n) is 11.5. The lowest BCUT2D eigenvalue weighted by Crippen LogP contribution is -2.23. The summed E-state index contributed by atoms with van der Waals surface area (Å²) >= 11 is 3.46. The van der Waals surface area contributed by atoms with E-state index in [1.165, 1.54) is 22.9 Å². The molecule has 1 heterocycles. The molecular formula is C17H12BrFN2O. The molecule has 2 aromatic carbocycles. The van der Waals surface area contributed by atoms with Crippen molar-refractivity contribution in [3.8, 4) is 11.3 Å². The quantitative estimate of drug-likeness (QED) is 0.712. The Morgan fingerprint density at radius 2 is 1.73 bits per heavy atom. The molecule has 22 heavy (non-hydrogen) atoms. The minimum atomic E-state index is -0.301. The predicted molar refractivity (Wildman–Crippen MR) is 87.1 cm³/mol. The lowest BCUT2D eigenvalue weighted by molar-refractivity contribution is 0.627. The number of hydrogen-bond donors (Lipinski definition) is 0. The first-order valence-electron chi connectivity index (χ1n) is 6.71. The average Bonchev–Trinajstić information content (AvgIpc) is 2.52. The SMILES string of the molecule is O=c1ccc(-c2ccc(F)cc2)nn1Cc1ccccc1Br. The summed E-state index contributed by atoms with van der Waals surface area (Å²) in [7, 11) is 0. The van der Waals surface area contributed by atoms with E-state index in [9.17, 15) is 9.18 Å². The van der Waals surface area contributed by atoms with E-state index in [0.717, 1.165) is 15.6 Å². The van der Waals surface area contributed by atoms with Gasteiger partial charge in [0.15, 0.2) is 0 Å². The summed E-state index contributed by atoms with van der Waals surface area (Å²) in [5, 5.41) is 4.37. The molecule has 0 N–H and O–H groups in total. The molecule has 0 aliphatic carbocycles. The highest BCUT2D eigenvalue weighted by Gasteiger charge is 2.06. The van der Waals surface area contributed by atoms with E-state index in [1.807, 2.05) is 24.3 Å². The summed E-state index contributed by atoms with van der Waals surface area (Å²) in [6.45, 7) is 0.370. The molecule has 0 spiro atoms. The van der Waals surface area contributed by atoms with Gasteiger partial charge in [-0.15, -0.1) is 0 Å². The molecule has 3 rings (SSSR count). The van der Waals surface area contributed by atoms with E-state index < -0.39 is 0 Å². The van der Waals surface area contributed by atoms with Gasteiger partial charge in [0, 0.05) is 16.1 Å². The number of rotatable bonds is 3. The highest BCUT2D eigenvalue weighted by Crippen LogP contribution is 2.18. The average molecular weight is 359 g/mol. The Morgan fingerprint density at radius 3 is 2.45 bits per heavy atom. The van der Waals surface area contributed by atoms with Gasteiger partial charge >= 0.3 is 0 Å². The summed E-state index contributed by atoms with van der Waals surface area (Å²) in [5.74, 6) is -0.301. The van der Waals surface area contributed by atoms with Gasteiger partial charge in [-0.3, -0.25) is 4.79 Å². The minimum Gasteiger partial charge on any atom is -0.268 e. The molecule has 0 amide bonds. The first kappa shape index (κ1) is 14.7. The lowest BCUT2D eigenvalue weighted by atomic mass is 10.1. The molecule has 0 saturated carbocycles. The molecule has 0 fully saturated rings. The van der Waals surface area contributed by atoms with E-state index in [4.69, 9.17) is 0 Å².